The van der Waals surface area contributed by atoms with Crippen LogP contribution in [0, 0.1) is 16.7 Å². The van der Waals surface area contributed by atoms with Crippen molar-refractivity contribution < 1.29 is 14.6 Å². The molecule has 2 N–H and O–H groups in total. The largest absolute Gasteiger partial charge is 0.419 e. The van der Waals surface area contributed by atoms with Gasteiger partial charge in [0.25, 0.3) is 0 Å². The molecule has 0 unspecified atom stereocenters. The first-order valence-corrected chi connectivity index (χ1v) is 7.23. The fourth-order valence-corrected chi connectivity index (χ4v) is 2.21. The van der Waals surface area contributed by atoms with E-state index in [1.165, 1.54) is 0 Å². The molecule has 0 atom stereocenters. The predicted molar refractivity (Wildman–Crippen MR) is 83.1 cm³/mol. The van der Waals surface area contributed by atoms with Gasteiger partial charge in [0, 0.05) is 17.5 Å². The van der Waals surface area contributed by atoms with Gasteiger partial charge in [-0.2, -0.15) is 5.26 Å². The van der Waals surface area contributed by atoms with Gasteiger partial charge < -0.3 is 14.6 Å². The van der Waals surface area contributed by atoms with Gasteiger partial charge in [0.1, 0.15) is 0 Å². The molecule has 0 aliphatic carbocycles. The van der Waals surface area contributed by atoms with Gasteiger partial charge in [-0.3, -0.25) is 4.90 Å². The van der Waals surface area contributed by atoms with Crippen LogP contribution in [0.4, 0.5) is 0 Å². The summed E-state index contributed by atoms with van der Waals surface area (Å²) in [6.07, 6.45) is 0. The Hall–Kier alpha value is -2.27. The van der Waals surface area contributed by atoms with E-state index >= 15 is 0 Å². The summed E-state index contributed by atoms with van der Waals surface area (Å²) in [5.74, 6) is 0.843. The molecule has 0 radical (unpaired) electrons. The van der Waals surface area contributed by atoms with Crippen molar-refractivity contribution in [3.63, 3.8) is 0 Å². The average Bonchev–Trinajstić information content (AvgIpc) is 3.03. The molecule has 0 amide bonds. The summed E-state index contributed by atoms with van der Waals surface area (Å²) in [5.41, 5.74) is 0.742. The number of aliphatic hydroxyl groups is 2. The van der Waals surface area contributed by atoms with E-state index in [-0.39, 0.29) is 13.2 Å². The Balaban J connectivity index is 2.03. The summed E-state index contributed by atoms with van der Waals surface area (Å²) in [4.78, 5) is 1.91. The number of nitriles is 1. The molecule has 0 spiro atoms. The number of hydrogen-bond acceptors (Lipinski definition) is 7. The van der Waals surface area contributed by atoms with Gasteiger partial charge in [0.2, 0.25) is 11.8 Å². The van der Waals surface area contributed by atoms with E-state index in [0.29, 0.717) is 30.4 Å². The molecule has 122 valence electrons. The Morgan fingerprint density at radius 1 is 1.22 bits per heavy atom. The molecular formula is C16H20N4O3. The fraction of sp³-hybridized carbons (Fsp3) is 0.438. The maximum atomic E-state index is 9.33. The summed E-state index contributed by atoms with van der Waals surface area (Å²) < 4.78 is 5.62. The third kappa shape index (κ3) is 4.36. The van der Waals surface area contributed by atoms with Gasteiger partial charge in [-0.1, -0.05) is 6.92 Å². The zero-order valence-corrected chi connectivity index (χ0v) is 13.2. The second kappa shape index (κ2) is 7.33. The smallest absolute Gasteiger partial charge is 0.247 e. The van der Waals surface area contributed by atoms with Crippen LogP contribution < -0.4 is 0 Å². The Morgan fingerprint density at radius 2 is 1.87 bits per heavy atom. The van der Waals surface area contributed by atoms with Crippen molar-refractivity contribution in [3.05, 3.63) is 35.7 Å². The number of nitrogens with zero attached hydrogens (tertiary/aromatic N) is 4. The van der Waals surface area contributed by atoms with Crippen LogP contribution >= 0.6 is 0 Å². The molecule has 0 saturated carbocycles. The first kappa shape index (κ1) is 17.1. The van der Waals surface area contributed by atoms with E-state index in [9.17, 15) is 10.2 Å². The topological polar surface area (TPSA) is 106 Å². The van der Waals surface area contributed by atoms with E-state index in [1.54, 1.807) is 31.2 Å². The van der Waals surface area contributed by atoms with Crippen LogP contribution in [-0.4, -0.2) is 52.1 Å². The summed E-state index contributed by atoms with van der Waals surface area (Å²) >= 11 is 0. The zero-order chi connectivity index (χ0) is 16.9. The molecule has 1 aromatic carbocycles. The first-order valence-electron chi connectivity index (χ1n) is 7.23. The Labute approximate surface area is 134 Å². The van der Waals surface area contributed by atoms with E-state index < -0.39 is 5.41 Å². The number of benzene rings is 1. The number of aliphatic hydroxyl groups excluding tert-OH is 2. The predicted octanol–water partition coefficient (Wildman–Crippen LogP) is 1.03. The minimum absolute atomic E-state index is 0.103. The van der Waals surface area contributed by atoms with Crippen LogP contribution in [0.2, 0.25) is 0 Å². The maximum absolute atomic E-state index is 9.33. The molecule has 1 aromatic heterocycles. The molecule has 7 heteroatoms. The summed E-state index contributed by atoms with van der Waals surface area (Å²) in [6.45, 7) is 2.51. The van der Waals surface area contributed by atoms with Crippen LogP contribution in [0.3, 0.4) is 0 Å². The lowest BCUT2D eigenvalue weighted by atomic mass is 9.92. The van der Waals surface area contributed by atoms with Crippen molar-refractivity contribution in [3.8, 4) is 17.5 Å². The molecule has 0 aliphatic rings. The molecule has 0 saturated heterocycles. The molecule has 2 rings (SSSR count). The molecule has 23 heavy (non-hydrogen) atoms. The van der Waals surface area contributed by atoms with Gasteiger partial charge in [-0.05, 0) is 31.3 Å². The van der Waals surface area contributed by atoms with Crippen molar-refractivity contribution in [2.75, 3.05) is 26.8 Å². The minimum atomic E-state index is -0.579. The Kier molecular flexibility index (Phi) is 5.45. The quantitative estimate of drug-likeness (QED) is 0.785. The van der Waals surface area contributed by atoms with E-state index in [4.69, 9.17) is 9.68 Å². The molecule has 0 fully saturated rings. The Bertz CT molecular complexity index is 671. The summed E-state index contributed by atoms with van der Waals surface area (Å²) in [6, 6.07) is 8.96. The highest BCUT2D eigenvalue weighted by molar-refractivity contribution is 5.54. The van der Waals surface area contributed by atoms with Crippen molar-refractivity contribution >= 4 is 0 Å². The molecule has 0 bridgehead atoms. The third-order valence-electron chi connectivity index (χ3n) is 3.55. The highest BCUT2D eigenvalue weighted by Crippen LogP contribution is 2.20. The van der Waals surface area contributed by atoms with Crippen molar-refractivity contribution in [1.29, 1.82) is 5.26 Å². The van der Waals surface area contributed by atoms with E-state index in [1.807, 2.05) is 11.9 Å². The van der Waals surface area contributed by atoms with Crippen molar-refractivity contribution in [2.45, 2.75) is 13.5 Å². The zero-order valence-electron chi connectivity index (χ0n) is 13.2. The van der Waals surface area contributed by atoms with Crippen LogP contribution in [0.25, 0.3) is 11.5 Å². The average molecular weight is 316 g/mol. The standard InChI is InChI=1S/C16H20N4O3/c1-16(10-21,11-22)9-20(2)8-14-18-19-15(23-14)13-5-3-12(7-17)4-6-13/h3-6,21-22H,8-11H2,1-2H3. The fourth-order valence-electron chi connectivity index (χ4n) is 2.21. The molecule has 7 nitrogen and oxygen atoms in total. The van der Waals surface area contributed by atoms with E-state index in [2.05, 4.69) is 16.3 Å². The minimum Gasteiger partial charge on any atom is -0.419 e. The van der Waals surface area contributed by atoms with E-state index in [0.717, 1.165) is 5.56 Å². The molecular weight excluding hydrogens is 296 g/mol. The lowest BCUT2D eigenvalue weighted by molar-refractivity contribution is 0.0383. The first-order chi connectivity index (χ1) is 11.0. The maximum Gasteiger partial charge on any atom is 0.247 e. The molecule has 0 aliphatic heterocycles. The highest BCUT2D eigenvalue weighted by Gasteiger charge is 2.25. The SMILES string of the molecule is CN(Cc1nnc(-c2ccc(C#N)cc2)o1)CC(C)(CO)CO. The number of rotatable bonds is 7. The lowest BCUT2D eigenvalue weighted by Crippen LogP contribution is -2.38. The van der Waals surface area contributed by atoms with Gasteiger partial charge in [0.15, 0.2) is 0 Å². The summed E-state index contributed by atoms with van der Waals surface area (Å²) in [5, 5.41) is 35.5. The van der Waals surface area contributed by atoms with Crippen molar-refractivity contribution in [1.82, 2.24) is 15.1 Å². The monoisotopic (exact) mass is 316 g/mol. The molecule has 2 aromatic rings. The van der Waals surface area contributed by atoms with Gasteiger partial charge in [-0.15, -0.1) is 10.2 Å². The van der Waals surface area contributed by atoms with Crippen LogP contribution in [0.1, 0.15) is 18.4 Å². The number of hydrogen-bond donors (Lipinski definition) is 2. The van der Waals surface area contributed by atoms with Crippen LogP contribution in [0.5, 0.6) is 0 Å². The normalized spacial score (nSPS) is 11.7. The van der Waals surface area contributed by atoms with Crippen LogP contribution in [0.15, 0.2) is 28.7 Å². The molecule has 1 heterocycles. The summed E-state index contributed by atoms with van der Waals surface area (Å²) in [7, 11) is 1.86. The number of aromatic nitrogens is 2. The Morgan fingerprint density at radius 3 is 2.43 bits per heavy atom. The van der Waals surface area contributed by atoms with Crippen molar-refractivity contribution in [2.24, 2.45) is 5.41 Å². The second-order valence-corrected chi connectivity index (χ2v) is 5.99. The van der Waals surface area contributed by atoms with Gasteiger partial charge >= 0.3 is 0 Å². The third-order valence-corrected chi connectivity index (χ3v) is 3.55. The lowest BCUT2D eigenvalue weighted by Gasteiger charge is -2.29. The highest BCUT2D eigenvalue weighted by atomic mass is 16.4. The van der Waals surface area contributed by atoms with Gasteiger partial charge in [-0.25, -0.2) is 0 Å². The van der Waals surface area contributed by atoms with Crippen LogP contribution in [-0.2, 0) is 6.54 Å². The second-order valence-electron chi connectivity index (χ2n) is 5.99. The van der Waals surface area contributed by atoms with Gasteiger partial charge in [0.05, 0.1) is 31.4 Å².